The molecule has 0 saturated heterocycles. The monoisotopic (exact) mass is 283 g/mol. The molecule has 0 unspecified atom stereocenters. The summed E-state index contributed by atoms with van der Waals surface area (Å²) < 4.78 is 5.45. The van der Waals surface area contributed by atoms with Crippen LogP contribution >= 0.6 is 0 Å². The lowest BCUT2D eigenvalue weighted by Gasteiger charge is -2.22. The number of fused-ring (bicyclic) bond motifs is 1. The minimum atomic E-state index is -0.105. The Bertz CT molecular complexity index is 715. The molecule has 1 amide bonds. The number of Topliss-reactive ketones (excluding diaryl/α,β-unsaturated/α-hetero) is 1. The highest BCUT2D eigenvalue weighted by molar-refractivity contribution is 6.12. The van der Waals surface area contributed by atoms with Gasteiger partial charge in [0.2, 0.25) is 0 Å². The molecule has 1 aliphatic rings. The molecule has 4 nitrogen and oxygen atoms in total. The summed E-state index contributed by atoms with van der Waals surface area (Å²) in [6, 6.07) is 9.06. The molecule has 1 aromatic heterocycles. The standard InChI is InChI=1S/C17H17NO3/c1-11-10-14(12(2)21-11)17(20)18-9-5-8-16(19)13-6-3-4-7-15(13)18/h3-4,6-7,10H,5,8-9H2,1-2H3. The number of nitrogens with zero attached hydrogens (tertiary/aromatic N) is 1. The van der Waals surface area contributed by atoms with Gasteiger partial charge < -0.3 is 9.32 Å². The second-order valence-electron chi connectivity index (χ2n) is 5.33. The molecule has 0 aliphatic carbocycles. The number of para-hydroxylation sites is 1. The van der Waals surface area contributed by atoms with Crippen molar-refractivity contribution >= 4 is 17.4 Å². The zero-order chi connectivity index (χ0) is 15.0. The van der Waals surface area contributed by atoms with Gasteiger partial charge in [0, 0.05) is 18.5 Å². The van der Waals surface area contributed by atoms with Crippen molar-refractivity contribution in [2.24, 2.45) is 0 Å². The van der Waals surface area contributed by atoms with Crippen LogP contribution in [0.1, 0.15) is 45.1 Å². The summed E-state index contributed by atoms with van der Waals surface area (Å²) in [5.41, 5.74) is 1.89. The first-order valence-corrected chi connectivity index (χ1v) is 7.09. The number of carbonyl (C=O) groups is 2. The number of hydrogen-bond acceptors (Lipinski definition) is 3. The second-order valence-corrected chi connectivity index (χ2v) is 5.33. The van der Waals surface area contributed by atoms with Gasteiger partial charge in [0.05, 0.1) is 11.3 Å². The molecular formula is C17H17NO3. The van der Waals surface area contributed by atoms with Gasteiger partial charge in [0.1, 0.15) is 11.5 Å². The Balaban J connectivity index is 2.06. The van der Waals surface area contributed by atoms with Crippen LogP contribution in [0.25, 0.3) is 0 Å². The summed E-state index contributed by atoms with van der Waals surface area (Å²) in [4.78, 5) is 26.6. The Morgan fingerprint density at radius 2 is 2.00 bits per heavy atom. The van der Waals surface area contributed by atoms with Crippen LogP contribution in [0.2, 0.25) is 0 Å². The Labute approximate surface area is 123 Å². The van der Waals surface area contributed by atoms with Gasteiger partial charge in [-0.25, -0.2) is 0 Å². The van der Waals surface area contributed by atoms with Gasteiger partial charge in [-0.3, -0.25) is 9.59 Å². The van der Waals surface area contributed by atoms with Crippen molar-refractivity contribution in [1.29, 1.82) is 0 Å². The maximum Gasteiger partial charge on any atom is 0.261 e. The lowest BCUT2D eigenvalue weighted by Crippen LogP contribution is -2.31. The van der Waals surface area contributed by atoms with Gasteiger partial charge in [-0.1, -0.05) is 12.1 Å². The Hall–Kier alpha value is -2.36. The minimum absolute atomic E-state index is 0.0981. The number of carbonyl (C=O) groups excluding carboxylic acids is 2. The first kappa shape index (κ1) is 13.6. The Kier molecular flexibility index (Phi) is 3.37. The lowest BCUT2D eigenvalue weighted by molar-refractivity contribution is 0.0973. The number of amides is 1. The molecule has 21 heavy (non-hydrogen) atoms. The number of anilines is 1. The van der Waals surface area contributed by atoms with Crippen molar-refractivity contribution in [1.82, 2.24) is 0 Å². The zero-order valence-corrected chi connectivity index (χ0v) is 12.2. The third-order valence-electron chi connectivity index (χ3n) is 3.80. The molecule has 0 fully saturated rings. The number of benzene rings is 1. The van der Waals surface area contributed by atoms with E-state index in [1.54, 1.807) is 24.0 Å². The van der Waals surface area contributed by atoms with Crippen molar-refractivity contribution in [3.63, 3.8) is 0 Å². The van der Waals surface area contributed by atoms with Crippen LogP contribution in [0.4, 0.5) is 5.69 Å². The first-order valence-electron chi connectivity index (χ1n) is 7.09. The van der Waals surface area contributed by atoms with Crippen molar-refractivity contribution in [3.8, 4) is 0 Å². The molecule has 4 heteroatoms. The molecule has 2 aromatic rings. The highest BCUT2D eigenvalue weighted by atomic mass is 16.3. The van der Waals surface area contributed by atoms with E-state index in [0.29, 0.717) is 42.0 Å². The van der Waals surface area contributed by atoms with E-state index in [1.807, 2.05) is 25.1 Å². The molecule has 1 aromatic carbocycles. The van der Waals surface area contributed by atoms with Gasteiger partial charge >= 0.3 is 0 Å². The van der Waals surface area contributed by atoms with Crippen molar-refractivity contribution < 1.29 is 14.0 Å². The van der Waals surface area contributed by atoms with Gasteiger partial charge in [0.25, 0.3) is 5.91 Å². The molecule has 0 radical (unpaired) electrons. The van der Waals surface area contributed by atoms with Crippen LogP contribution in [0.3, 0.4) is 0 Å². The summed E-state index contributed by atoms with van der Waals surface area (Å²) >= 11 is 0. The Morgan fingerprint density at radius 3 is 2.71 bits per heavy atom. The van der Waals surface area contributed by atoms with Crippen molar-refractivity contribution in [2.75, 3.05) is 11.4 Å². The molecule has 3 rings (SSSR count). The molecular weight excluding hydrogens is 266 g/mol. The molecule has 0 spiro atoms. The molecule has 108 valence electrons. The fourth-order valence-electron chi connectivity index (χ4n) is 2.80. The maximum absolute atomic E-state index is 12.8. The first-order chi connectivity index (χ1) is 10.1. The number of furan rings is 1. The fraction of sp³-hybridized carbons (Fsp3) is 0.294. The summed E-state index contributed by atoms with van der Waals surface area (Å²) in [6.45, 7) is 4.16. The number of ketones is 1. The van der Waals surface area contributed by atoms with E-state index in [1.165, 1.54) is 0 Å². The van der Waals surface area contributed by atoms with E-state index in [2.05, 4.69) is 0 Å². The minimum Gasteiger partial charge on any atom is -0.466 e. The van der Waals surface area contributed by atoms with E-state index in [0.717, 1.165) is 5.76 Å². The van der Waals surface area contributed by atoms with Crippen LogP contribution in [0.5, 0.6) is 0 Å². The summed E-state index contributed by atoms with van der Waals surface area (Å²) in [7, 11) is 0. The quantitative estimate of drug-likeness (QED) is 0.804. The topological polar surface area (TPSA) is 50.5 Å². The fourth-order valence-corrected chi connectivity index (χ4v) is 2.80. The SMILES string of the molecule is Cc1cc(C(=O)N2CCCC(=O)c3ccccc32)c(C)o1. The molecule has 0 N–H and O–H groups in total. The van der Waals surface area contributed by atoms with Crippen LogP contribution in [-0.4, -0.2) is 18.2 Å². The van der Waals surface area contributed by atoms with E-state index < -0.39 is 0 Å². The normalized spacial score (nSPS) is 14.8. The second kappa shape index (κ2) is 5.20. The average Bonchev–Trinajstić information content (AvgIpc) is 2.71. The predicted molar refractivity (Wildman–Crippen MR) is 79.9 cm³/mol. The van der Waals surface area contributed by atoms with Crippen molar-refractivity contribution in [3.05, 3.63) is 53.0 Å². The summed E-state index contributed by atoms with van der Waals surface area (Å²) in [5.74, 6) is 1.33. The van der Waals surface area contributed by atoms with Crippen LogP contribution in [0, 0.1) is 13.8 Å². The van der Waals surface area contributed by atoms with E-state index in [4.69, 9.17) is 4.42 Å². The lowest BCUT2D eigenvalue weighted by atomic mass is 10.1. The highest BCUT2D eigenvalue weighted by Crippen LogP contribution is 2.28. The molecule has 0 bridgehead atoms. The highest BCUT2D eigenvalue weighted by Gasteiger charge is 2.27. The smallest absolute Gasteiger partial charge is 0.261 e. The maximum atomic E-state index is 12.8. The van der Waals surface area contributed by atoms with E-state index >= 15 is 0 Å². The average molecular weight is 283 g/mol. The third-order valence-corrected chi connectivity index (χ3v) is 3.80. The number of rotatable bonds is 1. The third kappa shape index (κ3) is 2.37. The van der Waals surface area contributed by atoms with Crippen LogP contribution < -0.4 is 4.90 Å². The van der Waals surface area contributed by atoms with E-state index in [9.17, 15) is 9.59 Å². The molecule has 0 saturated carbocycles. The van der Waals surface area contributed by atoms with Gasteiger partial charge in [0.15, 0.2) is 5.78 Å². The number of hydrogen-bond donors (Lipinski definition) is 0. The van der Waals surface area contributed by atoms with Crippen molar-refractivity contribution in [2.45, 2.75) is 26.7 Å². The molecule has 2 heterocycles. The largest absolute Gasteiger partial charge is 0.466 e. The van der Waals surface area contributed by atoms with Gasteiger partial charge in [-0.15, -0.1) is 0 Å². The number of aryl methyl sites for hydroxylation is 2. The molecule has 0 atom stereocenters. The predicted octanol–water partition coefficient (Wildman–Crippen LogP) is 3.52. The summed E-state index contributed by atoms with van der Waals surface area (Å²) in [6.07, 6.45) is 1.15. The summed E-state index contributed by atoms with van der Waals surface area (Å²) in [5, 5.41) is 0. The van der Waals surface area contributed by atoms with E-state index in [-0.39, 0.29) is 11.7 Å². The Morgan fingerprint density at radius 1 is 1.24 bits per heavy atom. The zero-order valence-electron chi connectivity index (χ0n) is 12.2. The van der Waals surface area contributed by atoms with Gasteiger partial charge in [-0.2, -0.15) is 0 Å². The van der Waals surface area contributed by atoms with Gasteiger partial charge in [-0.05, 0) is 38.5 Å². The van der Waals surface area contributed by atoms with Crippen LogP contribution in [0.15, 0.2) is 34.7 Å². The van der Waals surface area contributed by atoms with Crippen LogP contribution in [-0.2, 0) is 0 Å². The molecule has 1 aliphatic heterocycles.